The van der Waals surface area contributed by atoms with Gasteiger partial charge in [0.05, 0.1) is 5.69 Å². The molecule has 0 saturated heterocycles. The molecule has 2 N–H and O–H groups in total. The van der Waals surface area contributed by atoms with Crippen molar-refractivity contribution in [3.05, 3.63) is 29.8 Å². The first-order valence-electron chi connectivity index (χ1n) is 6.84. The Balaban J connectivity index is 1.74. The van der Waals surface area contributed by atoms with Crippen LogP contribution in [0.5, 0.6) is 0 Å². The highest BCUT2D eigenvalue weighted by Crippen LogP contribution is 2.25. The van der Waals surface area contributed by atoms with Gasteiger partial charge < -0.3 is 10.6 Å². The molecule has 0 atom stereocenters. The monoisotopic (exact) mass is 283 g/mol. The van der Waals surface area contributed by atoms with E-state index in [4.69, 9.17) is 0 Å². The molecule has 1 aliphatic rings. The summed E-state index contributed by atoms with van der Waals surface area (Å²) < 4.78 is 26.1. The van der Waals surface area contributed by atoms with Crippen LogP contribution >= 0.6 is 0 Å². The molecule has 1 fully saturated rings. The van der Waals surface area contributed by atoms with Gasteiger partial charge in [-0.05, 0) is 31.5 Å². The Morgan fingerprint density at radius 2 is 2.15 bits per heavy atom. The summed E-state index contributed by atoms with van der Waals surface area (Å²) >= 11 is 0. The standard InChI is InChI=1S/C14H19F2N3O/c1-2-19(11-4-5-11)8-7-17-14(20)18-13-6-3-10(15)9-12(13)16/h3,6,9,11H,2,4-5,7-8H2,1H3,(H2,17,18,20). The van der Waals surface area contributed by atoms with Gasteiger partial charge in [0.1, 0.15) is 11.6 Å². The van der Waals surface area contributed by atoms with E-state index in [-0.39, 0.29) is 5.69 Å². The SMILES string of the molecule is CCN(CCNC(=O)Nc1ccc(F)cc1F)C1CC1. The number of rotatable bonds is 6. The summed E-state index contributed by atoms with van der Waals surface area (Å²) in [6.45, 7) is 4.33. The molecule has 1 aromatic carbocycles. The zero-order valence-corrected chi connectivity index (χ0v) is 11.5. The van der Waals surface area contributed by atoms with Crippen LogP contribution in [0.25, 0.3) is 0 Å². The number of urea groups is 1. The number of carbonyl (C=O) groups is 1. The number of nitrogens with one attached hydrogen (secondary N) is 2. The number of benzene rings is 1. The number of hydrogen-bond donors (Lipinski definition) is 2. The maximum absolute atomic E-state index is 13.3. The molecule has 0 bridgehead atoms. The van der Waals surface area contributed by atoms with Crippen LogP contribution in [0.4, 0.5) is 19.3 Å². The molecule has 6 heteroatoms. The summed E-state index contributed by atoms with van der Waals surface area (Å²) in [5.41, 5.74) is -0.0292. The first-order valence-corrected chi connectivity index (χ1v) is 6.84. The summed E-state index contributed by atoms with van der Waals surface area (Å²) in [4.78, 5) is 13.9. The molecule has 0 spiro atoms. The van der Waals surface area contributed by atoms with Crippen molar-refractivity contribution in [1.29, 1.82) is 0 Å². The van der Waals surface area contributed by atoms with Gasteiger partial charge in [0.15, 0.2) is 0 Å². The van der Waals surface area contributed by atoms with Crippen LogP contribution in [0.15, 0.2) is 18.2 Å². The molecule has 0 aromatic heterocycles. The van der Waals surface area contributed by atoms with Crippen LogP contribution in [0.1, 0.15) is 19.8 Å². The molecular weight excluding hydrogens is 264 g/mol. The predicted molar refractivity (Wildman–Crippen MR) is 73.6 cm³/mol. The molecular formula is C14H19F2N3O. The van der Waals surface area contributed by atoms with Gasteiger partial charge in [-0.15, -0.1) is 0 Å². The molecule has 0 aliphatic heterocycles. The zero-order chi connectivity index (χ0) is 14.5. The Morgan fingerprint density at radius 1 is 1.40 bits per heavy atom. The normalized spacial score (nSPS) is 14.4. The summed E-state index contributed by atoms with van der Waals surface area (Å²) in [6, 6.07) is 3.21. The molecule has 4 nitrogen and oxygen atoms in total. The van der Waals surface area contributed by atoms with E-state index in [0.717, 1.165) is 25.2 Å². The van der Waals surface area contributed by atoms with E-state index in [1.807, 2.05) is 0 Å². The van der Waals surface area contributed by atoms with Crippen molar-refractivity contribution in [3.8, 4) is 0 Å². The van der Waals surface area contributed by atoms with Crippen LogP contribution in [-0.4, -0.2) is 36.6 Å². The average molecular weight is 283 g/mol. The Kier molecular flexibility index (Phi) is 4.89. The number of carbonyl (C=O) groups excluding carboxylic acids is 1. The van der Waals surface area contributed by atoms with Gasteiger partial charge in [-0.25, -0.2) is 13.6 Å². The molecule has 2 rings (SSSR count). The Morgan fingerprint density at radius 3 is 2.75 bits per heavy atom. The lowest BCUT2D eigenvalue weighted by Crippen LogP contribution is -2.38. The molecule has 1 aliphatic carbocycles. The summed E-state index contributed by atoms with van der Waals surface area (Å²) in [6.07, 6.45) is 2.45. The van der Waals surface area contributed by atoms with Crippen LogP contribution in [0.3, 0.4) is 0 Å². The van der Waals surface area contributed by atoms with Gasteiger partial charge in [0.25, 0.3) is 0 Å². The van der Waals surface area contributed by atoms with Crippen molar-refractivity contribution in [3.63, 3.8) is 0 Å². The van der Waals surface area contributed by atoms with Crippen molar-refractivity contribution in [2.75, 3.05) is 25.0 Å². The second-order valence-corrected chi connectivity index (χ2v) is 4.86. The van der Waals surface area contributed by atoms with Crippen molar-refractivity contribution in [1.82, 2.24) is 10.2 Å². The van der Waals surface area contributed by atoms with Crippen LogP contribution < -0.4 is 10.6 Å². The minimum Gasteiger partial charge on any atom is -0.337 e. The Bertz CT molecular complexity index is 477. The van der Waals surface area contributed by atoms with E-state index >= 15 is 0 Å². The summed E-state index contributed by atoms with van der Waals surface area (Å²) in [5.74, 6) is -1.45. The molecule has 0 heterocycles. The largest absolute Gasteiger partial charge is 0.337 e. The second-order valence-electron chi connectivity index (χ2n) is 4.86. The molecule has 1 aromatic rings. The lowest BCUT2D eigenvalue weighted by Gasteiger charge is -2.19. The summed E-state index contributed by atoms with van der Waals surface area (Å²) in [7, 11) is 0. The van der Waals surface area contributed by atoms with Gasteiger partial charge in [-0.1, -0.05) is 6.92 Å². The van der Waals surface area contributed by atoms with E-state index in [1.54, 1.807) is 0 Å². The minimum absolute atomic E-state index is 0.0292. The lowest BCUT2D eigenvalue weighted by atomic mass is 10.3. The molecule has 1 saturated carbocycles. The maximum atomic E-state index is 13.3. The number of halogens is 2. The highest BCUT2D eigenvalue weighted by Gasteiger charge is 2.27. The zero-order valence-electron chi connectivity index (χ0n) is 11.5. The van der Waals surface area contributed by atoms with Crippen molar-refractivity contribution in [2.24, 2.45) is 0 Å². The van der Waals surface area contributed by atoms with Gasteiger partial charge in [-0.3, -0.25) is 4.90 Å². The number of likely N-dealkylation sites (N-methyl/N-ethyl adjacent to an activating group) is 1. The van der Waals surface area contributed by atoms with Gasteiger partial charge >= 0.3 is 6.03 Å². The third kappa shape index (κ3) is 4.16. The minimum atomic E-state index is -0.784. The Hall–Kier alpha value is -1.69. The highest BCUT2D eigenvalue weighted by atomic mass is 19.1. The fraction of sp³-hybridized carbons (Fsp3) is 0.500. The third-order valence-corrected chi connectivity index (χ3v) is 3.33. The van der Waals surface area contributed by atoms with E-state index in [9.17, 15) is 13.6 Å². The van der Waals surface area contributed by atoms with Crippen LogP contribution in [0.2, 0.25) is 0 Å². The molecule has 20 heavy (non-hydrogen) atoms. The average Bonchev–Trinajstić information content (AvgIpc) is 3.22. The fourth-order valence-electron chi connectivity index (χ4n) is 2.11. The molecule has 0 radical (unpaired) electrons. The predicted octanol–water partition coefficient (Wildman–Crippen LogP) is 2.57. The van der Waals surface area contributed by atoms with Crippen molar-refractivity contribution >= 4 is 11.7 Å². The number of nitrogens with zero attached hydrogens (tertiary/aromatic N) is 1. The molecule has 110 valence electrons. The smallest absolute Gasteiger partial charge is 0.319 e. The number of amides is 2. The van der Waals surface area contributed by atoms with Gasteiger partial charge in [0.2, 0.25) is 0 Å². The van der Waals surface area contributed by atoms with E-state index in [0.29, 0.717) is 12.6 Å². The quantitative estimate of drug-likeness (QED) is 0.842. The highest BCUT2D eigenvalue weighted by molar-refractivity contribution is 5.89. The lowest BCUT2D eigenvalue weighted by molar-refractivity contribution is 0.245. The number of hydrogen-bond acceptors (Lipinski definition) is 2. The molecule has 0 unspecified atom stereocenters. The van der Waals surface area contributed by atoms with Crippen LogP contribution in [-0.2, 0) is 0 Å². The fourth-order valence-corrected chi connectivity index (χ4v) is 2.11. The topological polar surface area (TPSA) is 44.4 Å². The third-order valence-electron chi connectivity index (χ3n) is 3.33. The second kappa shape index (κ2) is 6.65. The summed E-state index contributed by atoms with van der Waals surface area (Å²) in [5, 5.41) is 5.03. The number of anilines is 1. The Labute approximate surface area is 117 Å². The first-order chi connectivity index (χ1) is 9.60. The first kappa shape index (κ1) is 14.7. The van der Waals surface area contributed by atoms with Gasteiger partial charge in [-0.2, -0.15) is 0 Å². The van der Waals surface area contributed by atoms with E-state index in [1.165, 1.54) is 18.9 Å². The van der Waals surface area contributed by atoms with E-state index in [2.05, 4.69) is 22.5 Å². The maximum Gasteiger partial charge on any atom is 0.319 e. The van der Waals surface area contributed by atoms with E-state index < -0.39 is 17.7 Å². The van der Waals surface area contributed by atoms with Crippen molar-refractivity contribution in [2.45, 2.75) is 25.8 Å². The van der Waals surface area contributed by atoms with Crippen LogP contribution in [0, 0.1) is 11.6 Å². The molecule has 2 amide bonds. The van der Waals surface area contributed by atoms with Crippen molar-refractivity contribution < 1.29 is 13.6 Å². The van der Waals surface area contributed by atoms with Gasteiger partial charge in [0, 0.05) is 25.2 Å².